The van der Waals surface area contributed by atoms with Crippen molar-refractivity contribution >= 4 is 16.9 Å². The van der Waals surface area contributed by atoms with E-state index in [0.717, 1.165) is 29.5 Å². The lowest BCUT2D eigenvalue weighted by Crippen LogP contribution is -2.38. The zero-order valence-corrected chi connectivity index (χ0v) is 11.8. The second-order valence-electron chi connectivity index (χ2n) is 6.07. The van der Waals surface area contributed by atoms with Crippen LogP contribution in [0.2, 0.25) is 0 Å². The molecule has 1 aliphatic heterocycles. The van der Waals surface area contributed by atoms with E-state index in [0.29, 0.717) is 6.04 Å². The summed E-state index contributed by atoms with van der Waals surface area (Å²) in [6.07, 6.45) is 7.20. The van der Waals surface area contributed by atoms with Gasteiger partial charge in [-0.3, -0.25) is 4.99 Å². The number of amidine groups is 1. The summed E-state index contributed by atoms with van der Waals surface area (Å²) in [6.45, 7) is 5.65. The van der Waals surface area contributed by atoms with Crippen LogP contribution in [0.5, 0.6) is 0 Å². The number of hydrogen-bond donors (Lipinski definition) is 1. The molecule has 3 rings (SSSR count). The number of fused-ring (bicyclic) bond motifs is 2. The maximum atomic E-state index is 4.63. The van der Waals surface area contributed by atoms with E-state index in [1.807, 2.05) is 11.8 Å². The van der Waals surface area contributed by atoms with E-state index in [4.69, 9.17) is 0 Å². The van der Waals surface area contributed by atoms with Crippen LogP contribution < -0.4 is 5.32 Å². The standard InChI is InChI=1S/C14H24N2S/c1-3-12-8-15-14(17-12)16-9(2)13-7-10-4-5-11(13)6-10/h9-13H,3-8H2,1-2H3,(H,15,16). The molecule has 2 aliphatic carbocycles. The van der Waals surface area contributed by atoms with Gasteiger partial charge in [-0.25, -0.2) is 0 Å². The average molecular weight is 252 g/mol. The lowest BCUT2D eigenvalue weighted by molar-refractivity contribution is 0.279. The maximum absolute atomic E-state index is 4.63. The average Bonchev–Trinajstić information content (AvgIpc) is 3.04. The fourth-order valence-corrected chi connectivity index (χ4v) is 4.95. The molecule has 2 nitrogen and oxygen atoms in total. The van der Waals surface area contributed by atoms with Gasteiger partial charge in [-0.15, -0.1) is 0 Å². The monoisotopic (exact) mass is 252 g/mol. The summed E-state index contributed by atoms with van der Waals surface area (Å²) in [6, 6.07) is 0.632. The summed E-state index contributed by atoms with van der Waals surface area (Å²) in [5, 5.41) is 5.62. The highest BCUT2D eigenvalue weighted by atomic mass is 32.2. The minimum atomic E-state index is 0.632. The molecular formula is C14H24N2S. The Balaban J connectivity index is 1.52. The summed E-state index contributed by atoms with van der Waals surface area (Å²) in [5.41, 5.74) is 0. The summed E-state index contributed by atoms with van der Waals surface area (Å²) < 4.78 is 0. The van der Waals surface area contributed by atoms with Crippen LogP contribution in [0.1, 0.15) is 46.0 Å². The lowest BCUT2D eigenvalue weighted by atomic mass is 9.84. The van der Waals surface area contributed by atoms with E-state index < -0.39 is 0 Å². The molecule has 17 heavy (non-hydrogen) atoms. The Labute approximate surface area is 109 Å². The van der Waals surface area contributed by atoms with Crippen LogP contribution >= 0.6 is 11.8 Å². The fourth-order valence-electron chi connectivity index (χ4n) is 3.92. The van der Waals surface area contributed by atoms with Gasteiger partial charge in [0.05, 0.1) is 6.54 Å². The van der Waals surface area contributed by atoms with Gasteiger partial charge >= 0.3 is 0 Å². The molecule has 0 aromatic carbocycles. The number of rotatable bonds is 3. The third-order valence-electron chi connectivity index (χ3n) is 4.96. The second kappa shape index (κ2) is 4.83. The third-order valence-corrected chi connectivity index (χ3v) is 6.24. The van der Waals surface area contributed by atoms with Gasteiger partial charge in [-0.2, -0.15) is 0 Å². The predicted molar refractivity (Wildman–Crippen MR) is 75.5 cm³/mol. The van der Waals surface area contributed by atoms with Gasteiger partial charge in [-0.1, -0.05) is 25.1 Å². The zero-order chi connectivity index (χ0) is 11.8. The van der Waals surface area contributed by atoms with Crippen molar-refractivity contribution in [2.45, 2.75) is 57.2 Å². The first-order valence-corrected chi connectivity index (χ1v) is 8.12. The molecule has 0 aromatic rings. The van der Waals surface area contributed by atoms with E-state index in [2.05, 4.69) is 24.2 Å². The second-order valence-corrected chi connectivity index (χ2v) is 7.35. The zero-order valence-electron chi connectivity index (χ0n) is 11.0. The van der Waals surface area contributed by atoms with E-state index in [1.54, 1.807) is 0 Å². The molecule has 1 heterocycles. The van der Waals surface area contributed by atoms with Crippen LogP contribution in [0, 0.1) is 17.8 Å². The van der Waals surface area contributed by atoms with Gasteiger partial charge in [0, 0.05) is 11.3 Å². The molecule has 3 heteroatoms. The molecule has 0 spiro atoms. The van der Waals surface area contributed by atoms with Crippen molar-refractivity contribution in [3.8, 4) is 0 Å². The van der Waals surface area contributed by atoms with Crippen LogP contribution in [0.25, 0.3) is 0 Å². The van der Waals surface area contributed by atoms with Crippen molar-refractivity contribution < 1.29 is 0 Å². The van der Waals surface area contributed by atoms with Crippen molar-refractivity contribution in [3.05, 3.63) is 0 Å². The van der Waals surface area contributed by atoms with Crippen LogP contribution in [-0.4, -0.2) is 23.0 Å². The molecule has 0 aromatic heterocycles. The lowest BCUT2D eigenvalue weighted by Gasteiger charge is -2.29. The highest BCUT2D eigenvalue weighted by molar-refractivity contribution is 8.14. The molecule has 0 saturated heterocycles. The number of aliphatic imine (C=N–C) groups is 1. The quantitative estimate of drug-likeness (QED) is 0.833. The first-order valence-electron chi connectivity index (χ1n) is 7.24. The molecule has 2 fully saturated rings. The maximum Gasteiger partial charge on any atom is 0.157 e. The summed E-state index contributed by atoms with van der Waals surface area (Å²) in [5.74, 6) is 2.98. The van der Waals surface area contributed by atoms with E-state index >= 15 is 0 Å². The Morgan fingerprint density at radius 3 is 2.88 bits per heavy atom. The molecule has 3 aliphatic rings. The number of nitrogens with zero attached hydrogens (tertiary/aromatic N) is 1. The smallest absolute Gasteiger partial charge is 0.157 e. The highest BCUT2D eigenvalue weighted by Gasteiger charge is 2.42. The van der Waals surface area contributed by atoms with Gasteiger partial charge in [0.15, 0.2) is 5.17 Å². The first kappa shape index (κ1) is 11.9. The van der Waals surface area contributed by atoms with Gasteiger partial charge in [0.2, 0.25) is 0 Å². The van der Waals surface area contributed by atoms with Gasteiger partial charge in [-0.05, 0) is 50.4 Å². The van der Waals surface area contributed by atoms with Crippen molar-refractivity contribution in [1.29, 1.82) is 0 Å². The highest BCUT2D eigenvalue weighted by Crippen LogP contribution is 2.49. The number of hydrogen-bond acceptors (Lipinski definition) is 3. The molecule has 2 bridgehead atoms. The topological polar surface area (TPSA) is 24.4 Å². The Hall–Kier alpha value is -0.180. The minimum Gasteiger partial charge on any atom is -0.362 e. The molecular weight excluding hydrogens is 228 g/mol. The summed E-state index contributed by atoms with van der Waals surface area (Å²) >= 11 is 1.96. The van der Waals surface area contributed by atoms with Crippen molar-refractivity contribution in [2.75, 3.05) is 6.54 Å². The number of thioether (sulfide) groups is 1. The van der Waals surface area contributed by atoms with Crippen molar-refractivity contribution in [2.24, 2.45) is 22.7 Å². The van der Waals surface area contributed by atoms with E-state index in [9.17, 15) is 0 Å². The Morgan fingerprint density at radius 2 is 2.29 bits per heavy atom. The van der Waals surface area contributed by atoms with E-state index in [1.165, 1.54) is 37.3 Å². The normalized spacial score (nSPS) is 41.6. The van der Waals surface area contributed by atoms with Crippen LogP contribution in [0.4, 0.5) is 0 Å². The van der Waals surface area contributed by atoms with Gasteiger partial charge in [0.25, 0.3) is 0 Å². The van der Waals surface area contributed by atoms with Crippen molar-refractivity contribution in [1.82, 2.24) is 5.32 Å². The largest absolute Gasteiger partial charge is 0.362 e. The molecule has 5 atom stereocenters. The predicted octanol–water partition coefficient (Wildman–Crippen LogP) is 3.28. The Kier molecular flexibility index (Phi) is 3.38. The molecule has 0 radical (unpaired) electrons. The first-order chi connectivity index (χ1) is 8.26. The fraction of sp³-hybridized carbons (Fsp3) is 0.929. The Morgan fingerprint density at radius 1 is 1.41 bits per heavy atom. The van der Waals surface area contributed by atoms with Crippen molar-refractivity contribution in [3.63, 3.8) is 0 Å². The molecule has 2 saturated carbocycles. The van der Waals surface area contributed by atoms with Crippen LogP contribution in [0.3, 0.4) is 0 Å². The summed E-state index contributed by atoms with van der Waals surface area (Å²) in [7, 11) is 0. The number of nitrogens with one attached hydrogen (secondary N) is 1. The molecule has 5 unspecified atom stereocenters. The molecule has 1 N–H and O–H groups in total. The van der Waals surface area contributed by atoms with Gasteiger partial charge in [0.1, 0.15) is 0 Å². The Bertz CT molecular complexity index is 315. The summed E-state index contributed by atoms with van der Waals surface area (Å²) in [4.78, 5) is 4.63. The molecule has 0 amide bonds. The SMILES string of the molecule is CCC1CN=C(NC(C)C2CC3CCC2C3)S1. The molecule has 96 valence electrons. The van der Waals surface area contributed by atoms with Crippen LogP contribution in [0.15, 0.2) is 4.99 Å². The minimum absolute atomic E-state index is 0.632. The van der Waals surface area contributed by atoms with Crippen LogP contribution in [-0.2, 0) is 0 Å². The van der Waals surface area contributed by atoms with E-state index in [-0.39, 0.29) is 0 Å². The van der Waals surface area contributed by atoms with Gasteiger partial charge < -0.3 is 5.32 Å². The third kappa shape index (κ3) is 2.35.